The number of rotatable bonds is 6. The first-order valence-corrected chi connectivity index (χ1v) is 6.50. The van der Waals surface area contributed by atoms with E-state index in [4.69, 9.17) is 16.3 Å². The maximum absolute atomic E-state index is 11.6. The van der Waals surface area contributed by atoms with E-state index in [1.54, 1.807) is 0 Å². The molecular formula is C14H20ClNO2. The van der Waals surface area contributed by atoms with Gasteiger partial charge in [0.2, 0.25) is 0 Å². The summed E-state index contributed by atoms with van der Waals surface area (Å²) in [6, 6.07) is 7.71. The minimum Gasteiger partial charge on any atom is -0.465 e. The van der Waals surface area contributed by atoms with Crippen molar-refractivity contribution in [2.75, 3.05) is 13.2 Å². The molecule has 0 unspecified atom stereocenters. The number of hydrogen-bond donors (Lipinski definition) is 1. The lowest BCUT2D eigenvalue weighted by Gasteiger charge is -2.23. The van der Waals surface area contributed by atoms with Crippen molar-refractivity contribution < 1.29 is 9.53 Å². The van der Waals surface area contributed by atoms with Crippen LogP contribution < -0.4 is 5.32 Å². The van der Waals surface area contributed by atoms with Gasteiger partial charge < -0.3 is 10.1 Å². The fourth-order valence-corrected chi connectivity index (χ4v) is 1.68. The number of carbonyl (C=O) groups is 1. The van der Waals surface area contributed by atoms with Crippen molar-refractivity contribution in [3.8, 4) is 0 Å². The Kier molecular flexibility index (Phi) is 5.63. The van der Waals surface area contributed by atoms with Gasteiger partial charge >= 0.3 is 5.97 Å². The molecule has 0 aliphatic carbocycles. The SMILES string of the molecule is CCOC(=O)C(C)(C)NCCc1ccc(Cl)cc1. The molecular weight excluding hydrogens is 250 g/mol. The van der Waals surface area contributed by atoms with Gasteiger partial charge in [-0.25, -0.2) is 0 Å². The highest BCUT2D eigenvalue weighted by molar-refractivity contribution is 6.30. The van der Waals surface area contributed by atoms with Crippen molar-refractivity contribution in [2.45, 2.75) is 32.7 Å². The van der Waals surface area contributed by atoms with Gasteiger partial charge in [-0.3, -0.25) is 4.79 Å². The van der Waals surface area contributed by atoms with E-state index in [9.17, 15) is 4.79 Å². The zero-order valence-electron chi connectivity index (χ0n) is 11.1. The van der Waals surface area contributed by atoms with E-state index in [-0.39, 0.29) is 5.97 Å². The predicted octanol–water partition coefficient (Wildman–Crippen LogP) is 2.81. The Morgan fingerprint density at radius 3 is 2.50 bits per heavy atom. The van der Waals surface area contributed by atoms with Gasteiger partial charge in [0, 0.05) is 11.6 Å². The summed E-state index contributed by atoms with van der Waals surface area (Å²) in [5, 5.41) is 3.93. The van der Waals surface area contributed by atoms with Crippen LogP contribution in [-0.2, 0) is 16.0 Å². The molecule has 1 aromatic rings. The zero-order chi connectivity index (χ0) is 13.6. The number of halogens is 1. The van der Waals surface area contributed by atoms with E-state index in [2.05, 4.69) is 5.32 Å². The molecule has 0 bridgehead atoms. The molecule has 1 N–H and O–H groups in total. The molecule has 0 amide bonds. The molecule has 18 heavy (non-hydrogen) atoms. The molecule has 4 heteroatoms. The van der Waals surface area contributed by atoms with Crippen molar-refractivity contribution in [1.29, 1.82) is 0 Å². The molecule has 0 fully saturated rings. The molecule has 0 radical (unpaired) electrons. The van der Waals surface area contributed by atoms with Gasteiger partial charge in [-0.15, -0.1) is 0 Å². The second-order valence-corrected chi connectivity index (χ2v) is 5.09. The van der Waals surface area contributed by atoms with Crippen LogP contribution in [0.5, 0.6) is 0 Å². The highest BCUT2D eigenvalue weighted by atomic mass is 35.5. The molecule has 1 rings (SSSR count). The molecule has 0 aromatic heterocycles. The third kappa shape index (κ3) is 4.67. The summed E-state index contributed by atoms with van der Waals surface area (Å²) in [6.45, 7) is 6.58. The number of hydrogen-bond acceptors (Lipinski definition) is 3. The summed E-state index contributed by atoms with van der Waals surface area (Å²) in [4.78, 5) is 11.6. The molecule has 0 aliphatic heterocycles. The van der Waals surface area contributed by atoms with Crippen LogP contribution in [0.25, 0.3) is 0 Å². The van der Waals surface area contributed by atoms with Crippen LogP contribution in [0, 0.1) is 0 Å². The maximum Gasteiger partial charge on any atom is 0.325 e. The summed E-state index contributed by atoms with van der Waals surface area (Å²) in [6.07, 6.45) is 0.847. The first-order chi connectivity index (χ1) is 8.45. The smallest absolute Gasteiger partial charge is 0.325 e. The van der Waals surface area contributed by atoms with Crippen LogP contribution in [0.15, 0.2) is 24.3 Å². The average Bonchev–Trinajstić information content (AvgIpc) is 2.32. The zero-order valence-corrected chi connectivity index (χ0v) is 11.9. The lowest BCUT2D eigenvalue weighted by molar-refractivity contribution is -0.149. The summed E-state index contributed by atoms with van der Waals surface area (Å²) >= 11 is 5.82. The Hall–Kier alpha value is -1.06. The number of carbonyl (C=O) groups excluding carboxylic acids is 1. The van der Waals surface area contributed by atoms with Gasteiger partial charge in [-0.1, -0.05) is 23.7 Å². The molecule has 100 valence electrons. The Morgan fingerprint density at radius 1 is 1.33 bits per heavy atom. The monoisotopic (exact) mass is 269 g/mol. The minimum absolute atomic E-state index is 0.221. The van der Waals surface area contributed by atoms with Gasteiger partial charge in [-0.2, -0.15) is 0 Å². The van der Waals surface area contributed by atoms with E-state index >= 15 is 0 Å². The van der Waals surface area contributed by atoms with E-state index < -0.39 is 5.54 Å². The van der Waals surface area contributed by atoms with E-state index in [1.165, 1.54) is 5.56 Å². The highest BCUT2D eigenvalue weighted by Crippen LogP contribution is 2.10. The topological polar surface area (TPSA) is 38.3 Å². The van der Waals surface area contributed by atoms with Crippen LogP contribution in [-0.4, -0.2) is 24.7 Å². The van der Waals surface area contributed by atoms with Gasteiger partial charge in [0.25, 0.3) is 0 Å². The van der Waals surface area contributed by atoms with Crippen LogP contribution in [0.1, 0.15) is 26.3 Å². The number of ether oxygens (including phenoxy) is 1. The maximum atomic E-state index is 11.6. The van der Waals surface area contributed by atoms with Crippen molar-refractivity contribution in [1.82, 2.24) is 5.32 Å². The third-order valence-corrected chi connectivity index (χ3v) is 2.93. The van der Waals surface area contributed by atoms with Gasteiger partial charge in [0.1, 0.15) is 5.54 Å². The quantitative estimate of drug-likeness (QED) is 0.807. The van der Waals surface area contributed by atoms with Crippen LogP contribution >= 0.6 is 11.6 Å². The summed E-state index contributed by atoms with van der Waals surface area (Å²) in [7, 11) is 0. The predicted molar refractivity (Wildman–Crippen MR) is 73.9 cm³/mol. The van der Waals surface area contributed by atoms with Gasteiger partial charge in [0.05, 0.1) is 6.61 Å². The number of benzene rings is 1. The molecule has 0 heterocycles. The largest absolute Gasteiger partial charge is 0.465 e. The minimum atomic E-state index is -0.650. The fourth-order valence-electron chi connectivity index (χ4n) is 1.55. The Morgan fingerprint density at radius 2 is 1.94 bits per heavy atom. The van der Waals surface area contributed by atoms with Crippen molar-refractivity contribution in [2.24, 2.45) is 0 Å². The van der Waals surface area contributed by atoms with Crippen LogP contribution in [0.2, 0.25) is 5.02 Å². The van der Waals surface area contributed by atoms with Gasteiger partial charge in [-0.05, 0) is 44.9 Å². The Labute approximate surface area is 113 Å². The van der Waals surface area contributed by atoms with Crippen molar-refractivity contribution >= 4 is 17.6 Å². The molecule has 0 spiro atoms. The first-order valence-electron chi connectivity index (χ1n) is 6.12. The highest BCUT2D eigenvalue weighted by Gasteiger charge is 2.27. The number of nitrogens with one attached hydrogen (secondary N) is 1. The molecule has 0 atom stereocenters. The van der Waals surface area contributed by atoms with E-state index in [1.807, 2.05) is 45.0 Å². The third-order valence-electron chi connectivity index (χ3n) is 2.68. The summed E-state index contributed by atoms with van der Waals surface area (Å²) < 4.78 is 5.01. The lowest BCUT2D eigenvalue weighted by Crippen LogP contribution is -2.48. The molecule has 1 aromatic carbocycles. The van der Waals surface area contributed by atoms with E-state index in [0.29, 0.717) is 13.2 Å². The van der Waals surface area contributed by atoms with Crippen molar-refractivity contribution in [3.63, 3.8) is 0 Å². The Bertz CT molecular complexity index is 387. The average molecular weight is 270 g/mol. The second-order valence-electron chi connectivity index (χ2n) is 4.65. The van der Waals surface area contributed by atoms with E-state index in [0.717, 1.165) is 11.4 Å². The van der Waals surface area contributed by atoms with Crippen molar-refractivity contribution in [3.05, 3.63) is 34.9 Å². The molecule has 0 saturated carbocycles. The Balaban J connectivity index is 2.41. The lowest BCUT2D eigenvalue weighted by atomic mass is 10.1. The normalized spacial score (nSPS) is 11.3. The summed E-state index contributed by atoms with van der Waals surface area (Å²) in [5.41, 5.74) is 0.536. The van der Waals surface area contributed by atoms with Crippen LogP contribution in [0.4, 0.5) is 0 Å². The molecule has 0 saturated heterocycles. The first kappa shape index (κ1) is 15.0. The molecule has 3 nitrogen and oxygen atoms in total. The van der Waals surface area contributed by atoms with Crippen LogP contribution in [0.3, 0.4) is 0 Å². The number of esters is 1. The fraction of sp³-hybridized carbons (Fsp3) is 0.500. The standard InChI is InChI=1S/C14H20ClNO2/c1-4-18-13(17)14(2,3)16-10-9-11-5-7-12(15)8-6-11/h5-8,16H,4,9-10H2,1-3H3. The molecule has 0 aliphatic rings. The summed E-state index contributed by atoms with van der Waals surface area (Å²) in [5.74, 6) is -0.221. The second kappa shape index (κ2) is 6.76. The van der Waals surface area contributed by atoms with Gasteiger partial charge in [0.15, 0.2) is 0 Å².